The van der Waals surface area contributed by atoms with E-state index in [9.17, 15) is 4.79 Å². The largest absolute Gasteiger partial charge is 0.381 e. The highest BCUT2D eigenvalue weighted by Gasteiger charge is 2.34. The van der Waals surface area contributed by atoms with E-state index in [0.29, 0.717) is 35.6 Å². The molecule has 22 heavy (non-hydrogen) atoms. The molecule has 0 spiro atoms. The van der Waals surface area contributed by atoms with Crippen LogP contribution in [0.2, 0.25) is 5.02 Å². The Morgan fingerprint density at radius 3 is 2.77 bits per heavy atom. The minimum Gasteiger partial charge on any atom is -0.381 e. The highest BCUT2D eigenvalue weighted by atomic mass is 35.5. The highest BCUT2D eigenvalue weighted by molar-refractivity contribution is 6.33. The fourth-order valence-electron chi connectivity index (χ4n) is 3.35. The zero-order valence-electron chi connectivity index (χ0n) is 12.5. The van der Waals surface area contributed by atoms with E-state index in [0.717, 1.165) is 32.5 Å². The molecule has 0 bridgehead atoms. The number of nitrogens with one attached hydrogen (secondary N) is 1. The standard InChI is InChI=1S/C16H21ClN2O3/c17-14-9-18-5-1-12(14)16(20)19-15-4-8-22-10-13(15)11-2-6-21-7-3-11/h1,5,9,11,13,15H,2-4,6-8,10H2,(H,19,20). The Hall–Kier alpha value is -1.17. The molecule has 2 fully saturated rings. The van der Waals surface area contributed by atoms with Crippen molar-refractivity contribution in [2.45, 2.75) is 25.3 Å². The molecule has 2 atom stereocenters. The number of aromatic nitrogens is 1. The fourth-order valence-corrected chi connectivity index (χ4v) is 3.56. The van der Waals surface area contributed by atoms with Crippen molar-refractivity contribution in [3.05, 3.63) is 29.0 Å². The summed E-state index contributed by atoms with van der Waals surface area (Å²) in [5.41, 5.74) is 0.480. The molecule has 2 aliphatic heterocycles. The molecule has 0 aliphatic carbocycles. The van der Waals surface area contributed by atoms with Crippen molar-refractivity contribution in [3.8, 4) is 0 Å². The van der Waals surface area contributed by atoms with Crippen LogP contribution in [0.3, 0.4) is 0 Å². The van der Waals surface area contributed by atoms with Gasteiger partial charge in [-0.2, -0.15) is 0 Å². The van der Waals surface area contributed by atoms with Crippen LogP contribution in [0.4, 0.5) is 0 Å². The monoisotopic (exact) mass is 324 g/mol. The first-order valence-corrected chi connectivity index (χ1v) is 8.19. The molecule has 1 amide bonds. The van der Waals surface area contributed by atoms with Crippen LogP contribution in [-0.4, -0.2) is 43.4 Å². The lowest BCUT2D eigenvalue weighted by Crippen LogP contribution is -2.49. The van der Waals surface area contributed by atoms with Gasteiger partial charge < -0.3 is 14.8 Å². The minimum absolute atomic E-state index is 0.128. The van der Waals surface area contributed by atoms with Gasteiger partial charge in [0.2, 0.25) is 0 Å². The molecule has 0 saturated carbocycles. The number of nitrogens with zero attached hydrogens (tertiary/aromatic N) is 1. The number of rotatable bonds is 3. The molecule has 2 unspecified atom stereocenters. The van der Waals surface area contributed by atoms with Gasteiger partial charge in [-0.15, -0.1) is 0 Å². The van der Waals surface area contributed by atoms with Crippen molar-refractivity contribution in [1.29, 1.82) is 0 Å². The molecule has 1 aromatic rings. The van der Waals surface area contributed by atoms with E-state index < -0.39 is 0 Å². The maximum absolute atomic E-state index is 12.5. The molecule has 2 aliphatic rings. The first kappa shape index (κ1) is 15.7. The van der Waals surface area contributed by atoms with E-state index in [1.807, 2.05) is 0 Å². The smallest absolute Gasteiger partial charge is 0.253 e. The normalized spacial score (nSPS) is 26.6. The van der Waals surface area contributed by atoms with Crippen LogP contribution in [0.1, 0.15) is 29.6 Å². The highest BCUT2D eigenvalue weighted by Crippen LogP contribution is 2.30. The molecular weight excluding hydrogens is 304 g/mol. The van der Waals surface area contributed by atoms with Gasteiger partial charge in [-0.05, 0) is 31.2 Å². The van der Waals surface area contributed by atoms with Crippen LogP contribution in [0.15, 0.2) is 18.5 Å². The van der Waals surface area contributed by atoms with Crippen molar-refractivity contribution in [2.75, 3.05) is 26.4 Å². The molecule has 5 nitrogen and oxygen atoms in total. The number of carbonyl (C=O) groups is 1. The Bertz CT molecular complexity index is 520. The van der Waals surface area contributed by atoms with Crippen molar-refractivity contribution < 1.29 is 14.3 Å². The fraction of sp³-hybridized carbons (Fsp3) is 0.625. The molecule has 1 aromatic heterocycles. The van der Waals surface area contributed by atoms with E-state index in [1.165, 1.54) is 6.20 Å². The van der Waals surface area contributed by atoms with Crippen LogP contribution >= 0.6 is 11.6 Å². The van der Waals surface area contributed by atoms with Crippen LogP contribution in [0.5, 0.6) is 0 Å². The first-order valence-electron chi connectivity index (χ1n) is 7.81. The summed E-state index contributed by atoms with van der Waals surface area (Å²) in [6.07, 6.45) is 6.00. The Morgan fingerprint density at radius 1 is 1.23 bits per heavy atom. The molecule has 3 heterocycles. The van der Waals surface area contributed by atoms with Gasteiger partial charge in [0, 0.05) is 44.2 Å². The van der Waals surface area contributed by atoms with E-state index >= 15 is 0 Å². The summed E-state index contributed by atoms with van der Waals surface area (Å²) < 4.78 is 11.1. The van der Waals surface area contributed by atoms with E-state index in [2.05, 4.69) is 10.3 Å². The van der Waals surface area contributed by atoms with Crippen molar-refractivity contribution >= 4 is 17.5 Å². The third-order valence-corrected chi connectivity index (χ3v) is 4.91. The van der Waals surface area contributed by atoms with Crippen molar-refractivity contribution in [2.24, 2.45) is 11.8 Å². The number of amides is 1. The number of carbonyl (C=O) groups excluding carboxylic acids is 1. The topological polar surface area (TPSA) is 60.5 Å². The lowest BCUT2D eigenvalue weighted by atomic mass is 9.79. The van der Waals surface area contributed by atoms with Crippen LogP contribution in [0, 0.1) is 11.8 Å². The molecule has 1 N–H and O–H groups in total. The second-order valence-corrected chi connectivity index (χ2v) is 6.32. The van der Waals surface area contributed by atoms with Gasteiger partial charge in [0.1, 0.15) is 0 Å². The number of hydrogen-bond acceptors (Lipinski definition) is 4. The Balaban J connectivity index is 1.68. The Kier molecular flexibility index (Phi) is 5.28. The van der Waals surface area contributed by atoms with Crippen molar-refractivity contribution in [3.63, 3.8) is 0 Å². The molecular formula is C16H21ClN2O3. The average molecular weight is 325 g/mol. The molecule has 0 aromatic carbocycles. The predicted octanol–water partition coefficient (Wildman–Crippen LogP) is 2.30. The van der Waals surface area contributed by atoms with Crippen LogP contribution in [0.25, 0.3) is 0 Å². The summed E-state index contributed by atoms with van der Waals surface area (Å²) in [6.45, 7) is 3.00. The van der Waals surface area contributed by atoms with E-state index in [4.69, 9.17) is 21.1 Å². The van der Waals surface area contributed by atoms with Gasteiger partial charge in [-0.3, -0.25) is 9.78 Å². The maximum Gasteiger partial charge on any atom is 0.253 e. The van der Waals surface area contributed by atoms with Crippen molar-refractivity contribution in [1.82, 2.24) is 10.3 Å². The summed E-state index contributed by atoms with van der Waals surface area (Å²) in [5, 5.41) is 3.54. The summed E-state index contributed by atoms with van der Waals surface area (Å²) in [4.78, 5) is 16.4. The first-order chi connectivity index (χ1) is 10.8. The molecule has 2 saturated heterocycles. The second kappa shape index (κ2) is 7.40. The second-order valence-electron chi connectivity index (χ2n) is 5.91. The third-order valence-electron chi connectivity index (χ3n) is 4.61. The summed E-state index contributed by atoms with van der Waals surface area (Å²) in [5.74, 6) is 0.769. The third kappa shape index (κ3) is 3.59. The zero-order chi connectivity index (χ0) is 15.4. The summed E-state index contributed by atoms with van der Waals surface area (Å²) in [7, 11) is 0. The molecule has 6 heteroatoms. The summed E-state index contributed by atoms with van der Waals surface area (Å²) in [6, 6.07) is 1.79. The minimum atomic E-state index is -0.128. The lowest BCUT2D eigenvalue weighted by molar-refractivity contribution is -0.0259. The zero-order valence-corrected chi connectivity index (χ0v) is 13.2. The number of hydrogen-bond donors (Lipinski definition) is 1. The van der Waals surface area contributed by atoms with Gasteiger partial charge in [-0.1, -0.05) is 11.6 Å². The lowest BCUT2D eigenvalue weighted by Gasteiger charge is -2.39. The maximum atomic E-state index is 12.5. The van der Waals surface area contributed by atoms with Gasteiger partial charge >= 0.3 is 0 Å². The van der Waals surface area contributed by atoms with Gasteiger partial charge in [0.25, 0.3) is 5.91 Å². The average Bonchev–Trinajstić information content (AvgIpc) is 2.56. The SMILES string of the molecule is O=C(NC1CCOCC1C1CCOCC1)c1ccncc1Cl. The predicted molar refractivity (Wildman–Crippen MR) is 83.0 cm³/mol. The Labute approximate surface area is 135 Å². The van der Waals surface area contributed by atoms with Gasteiger partial charge in [-0.25, -0.2) is 0 Å². The van der Waals surface area contributed by atoms with E-state index in [1.54, 1.807) is 12.3 Å². The molecule has 3 rings (SSSR count). The van der Waals surface area contributed by atoms with Crippen LogP contribution in [-0.2, 0) is 9.47 Å². The van der Waals surface area contributed by atoms with E-state index in [-0.39, 0.29) is 11.9 Å². The Morgan fingerprint density at radius 2 is 2.00 bits per heavy atom. The number of pyridine rings is 1. The number of ether oxygens (including phenoxy) is 2. The van der Waals surface area contributed by atoms with Crippen LogP contribution < -0.4 is 5.32 Å². The van der Waals surface area contributed by atoms with Gasteiger partial charge in [0.15, 0.2) is 0 Å². The molecule has 120 valence electrons. The quantitative estimate of drug-likeness (QED) is 0.926. The summed E-state index contributed by atoms with van der Waals surface area (Å²) >= 11 is 6.06. The molecule has 0 radical (unpaired) electrons. The number of halogens is 1. The van der Waals surface area contributed by atoms with Gasteiger partial charge in [0.05, 0.1) is 17.2 Å².